The highest BCUT2D eigenvalue weighted by Gasteiger charge is 2.11. The van der Waals surface area contributed by atoms with Crippen molar-refractivity contribution in [2.75, 3.05) is 11.1 Å². The predicted molar refractivity (Wildman–Crippen MR) is 73.2 cm³/mol. The zero-order chi connectivity index (χ0) is 13.1. The second-order valence-electron chi connectivity index (χ2n) is 4.18. The molecule has 3 N–H and O–H groups in total. The molecule has 0 saturated carbocycles. The third-order valence-electron chi connectivity index (χ3n) is 2.34. The number of nitrogens with two attached hydrogens (primary N) is 1. The summed E-state index contributed by atoms with van der Waals surface area (Å²) in [5.74, 6) is -0.135. The molecule has 94 valence electrons. The van der Waals surface area contributed by atoms with Gasteiger partial charge in [0.15, 0.2) is 0 Å². The van der Waals surface area contributed by atoms with Gasteiger partial charge in [-0.05, 0) is 24.3 Å². The van der Waals surface area contributed by atoms with Crippen LogP contribution in [0.3, 0.4) is 0 Å². The SMILES string of the molecule is CC(C)C(=O)Nc1nnc(-c2ccc(N)cc2)s1. The van der Waals surface area contributed by atoms with Crippen molar-refractivity contribution >= 4 is 28.1 Å². The van der Waals surface area contributed by atoms with Gasteiger partial charge in [0.05, 0.1) is 0 Å². The summed E-state index contributed by atoms with van der Waals surface area (Å²) < 4.78 is 0. The molecule has 6 heteroatoms. The molecule has 0 saturated heterocycles. The van der Waals surface area contributed by atoms with Crippen molar-refractivity contribution in [2.45, 2.75) is 13.8 Å². The molecule has 1 heterocycles. The third-order valence-corrected chi connectivity index (χ3v) is 3.22. The molecule has 2 rings (SSSR count). The van der Waals surface area contributed by atoms with Gasteiger partial charge in [0.1, 0.15) is 5.01 Å². The number of nitrogens with zero attached hydrogens (tertiary/aromatic N) is 2. The average Bonchev–Trinajstić information content (AvgIpc) is 2.78. The van der Waals surface area contributed by atoms with E-state index >= 15 is 0 Å². The van der Waals surface area contributed by atoms with Crippen LogP contribution in [0.4, 0.5) is 10.8 Å². The minimum atomic E-state index is -0.0751. The molecule has 0 atom stereocenters. The van der Waals surface area contributed by atoms with Gasteiger partial charge in [-0.15, -0.1) is 10.2 Å². The lowest BCUT2D eigenvalue weighted by atomic mass is 10.2. The fraction of sp³-hybridized carbons (Fsp3) is 0.250. The lowest BCUT2D eigenvalue weighted by Gasteiger charge is -2.02. The first-order valence-corrected chi connectivity index (χ1v) is 6.38. The van der Waals surface area contributed by atoms with Crippen molar-refractivity contribution in [1.82, 2.24) is 10.2 Å². The number of amides is 1. The number of carbonyl (C=O) groups excluding carboxylic acids is 1. The van der Waals surface area contributed by atoms with Crippen LogP contribution in [-0.2, 0) is 4.79 Å². The Hall–Kier alpha value is -1.95. The van der Waals surface area contributed by atoms with E-state index in [0.29, 0.717) is 10.8 Å². The smallest absolute Gasteiger partial charge is 0.228 e. The van der Waals surface area contributed by atoms with Crippen LogP contribution >= 0.6 is 11.3 Å². The molecule has 5 nitrogen and oxygen atoms in total. The van der Waals surface area contributed by atoms with Crippen molar-refractivity contribution in [2.24, 2.45) is 5.92 Å². The number of nitrogen functional groups attached to an aromatic ring is 1. The monoisotopic (exact) mass is 262 g/mol. The van der Waals surface area contributed by atoms with Gasteiger partial charge in [0.2, 0.25) is 11.0 Å². The molecule has 1 amide bonds. The fourth-order valence-corrected chi connectivity index (χ4v) is 2.02. The van der Waals surface area contributed by atoms with Crippen LogP contribution in [0, 0.1) is 5.92 Å². The second kappa shape index (κ2) is 5.14. The first kappa shape index (κ1) is 12.5. The molecule has 0 aliphatic rings. The van der Waals surface area contributed by atoms with Crippen molar-refractivity contribution in [3.05, 3.63) is 24.3 Å². The van der Waals surface area contributed by atoms with Gasteiger partial charge in [-0.25, -0.2) is 0 Å². The fourth-order valence-electron chi connectivity index (χ4n) is 1.27. The zero-order valence-corrected chi connectivity index (χ0v) is 11.0. The normalized spacial score (nSPS) is 10.6. The maximum Gasteiger partial charge on any atom is 0.228 e. The highest BCUT2D eigenvalue weighted by molar-refractivity contribution is 7.18. The van der Waals surface area contributed by atoms with E-state index in [1.807, 2.05) is 38.1 Å². The quantitative estimate of drug-likeness (QED) is 0.832. The molecule has 1 aromatic carbocycles. The number of anilines is 2. The summed E-state index contributed by atoms with van der Waals surface area (Å²) in [5, 5.41) is 12.0. The Balaban J connectivity index is 2.15. The minimum Gasteiger partial charge on any atom is -0.399 e. The van der Waals surface area contributed by atoms with E-state index in [2.05, 4.69) is 15.5 Å². The van der Waals surface area contributed by atoms with Crippen LogP contribution in [0.5, 0.6) is 0 Å². The Morgan fingerprint density at radius 2 is 1.94 bits per heavy atom. The van der Waals surface area contributed by atoms with Crippen molar-refractivity contribution < 1.29 is 4.79 Å². The van der Waals surface area contributed by atoms with Gasteiger partial charge in [-0.2, -0.15) is 0 Å². The minimum absolute atomic E-state index is 0.0602. The summed E-state index contributed by atoms with van der Waals surface area (Å²) in [4.78, 5) is 11.5. The van der Waals surface area contributed by atoms with E-state index in [4.69, 9.17) is 5.73 Å². The summed E-state index contributed by atoms with van der Waals surface area (Å²) >= 11 is 1.34. The first-order chi connectivity index (χ1) is 8.56. The number of benzene rings is 1. The van der Waals surface area contributed by atoms with E-state index in [9.17, 15) is 4.79 Å². The molecule has 0 aliphatic carbocycles. The largest absolute Gasteiger partial charge is 0.399 e. The van der Waals surface area contributed by atoms with E-state index in [-0.39, 0.29) is 11.8 Å². The Morgan fingerprint density at radius 3 is 2.56 bits per heavy atom. The van der Waals surface area contributed by atoms with Crippen molar-refractivity contribution in [1.29, 1.82) is 0 Å². The maximum atomic E-state index is 11.5. The first-order valence-electron chi connectivity index (χ1n) is 5.56. The van der Waals surface area contributed by atoms with Crippen molar-refractivity contribution in [3.8, 4) is 10.6 Å². The van der Waals surface area contributed by atoms with Gasteiger partial charge >= 0.3 is 0 Å². The Morgan fingerprint density at radius 1 is 1.28 bits per heavy atom. The molecule has 0 unspecified atom stereocenters. The van der Waals surface area contributed by atoms with Crippen LogP contribution < -0.4 is 11.1 Å². The molecule has 0 fully saturated rings. The molecule has 0 spiro atoms. The van der Waals surface area contributed by atoms with E-state index in [1.54, 1.807) is 0 Å². The standard InChI is InChI=1S/C12H14N4OS/c1-7(2)10(17)14-12-16-15-11(18-12)8-3-5-9(13)6-4-8/h3-7H,13H2,1-2H3,(H,14,16,17). The number of nitrogens with one attached hydrogen (secondary N) is 1. The van der Waals surface area contributed by atoms with Gasteiger partial charge in [-0.1, -0.05) is 25.2 Å². The van der Waals surface area contributed by atoms with Crippen molar-refractivity contribution in [3.63, 3.8) is 0 Å². The van der Waals surface area contributed by atoms with Crippen LogP contribution in [0.15, 0.2) is 24.3 Å². The topological polar surface area (TPSA) is 80.9 Å². The summed E-state index contributed by atoms with van der Waals surface area (Å²) in [6.07, 6.45) is 0. The lowest BCUT2D eigenvalue weighted by Crippen LogP contribution is -2.17. The van der Waals surface area contributed by atoms with Gasteiger partial charge in [0, 0.05) is 17.2 Å². The molecular weight excluding hydrogens is 248 g/mol. The van der Waals surface area contributed by atoms with Gasteiger partial charge in [-0.3, -0.25) is 4.79 Å². The van der Waals surface area contributed by atoms with Crippen LogP contribution in [0.25, 0.3) is 10.6 Å². The molecular formula is C12H14N4OS. The van der Waals surface area contributed by atoms with E-state index in [1.165, 1.54) is 11.3 Å². The molecule has 1 aromatic heterocycles. The summed E-state index contributed by atoms with van der Waals surface area (Å²) in [6, 6.07) is 7.37. The van der Waals surface area contributed by atoms with Crippen LogP contribution in [0.1, 0.15) is 13.8 Å². The summed E-state index contributed by atoms with van der Waals surface area (Å²) in [6.45, 7) is 3.66. The number of aromatic nitrogens is 2. The van der Waals surface area contributed by atoms with Crippen LogP contribution in [-0.4, -0.2) is 16.1 Å². The summed E-state index contributed by atoms with van der Waals surface area (Å²) in [7, 11) is 0. The molecule has 2 aromatic rings. The van der Waals surface area contributed by atoms with Gasteiger partial charge in [0.25, 0.3) is 0 Å². The lowest BCUT2D eigenvalue weighted by molar-refractivity contribution is -0.118. The van der Waals surface area contributed by atoms with E-state index < -0.39 is 0 Å². The number of rotatable bonds is 3. The van der Waals surface area contributed by atoms with Crippen LogP contribution in [0.2, 0.25) is 0 Å². The second-order valence-corrected chi connectivity index (χ2v) is 5.16. The van der Waals surface area contributed by atoms with Gasteiger partial charge < -0.3 is 11.1 Å². The molecule has 0 radical (unpaired) electrons. The third kappa shape index (κ3) is 2.84. The van der Waals surface area contributed by atoms with E-state index in [0.717, 1.165) is 10.6 Å². The highest BCUT2D eigenvalue weighted by Crippen LogP contribution is 2.26. The number of carbonyl (C=O) groups is 1. The Labute approximate surface area is 109 Å². The molecule has 0 aliphatic heterocycles. The Bertz CT molecular complexity index is 547. The molecule has 18 heavy (non-hydrogen) atoms. The Kier molecular flexibility index (Phi) is 3.57. The highest BCUT2D eigenvalue weighted by atomic mass is 32.1. The predicted octanol–water partition coefficient (Wildman–Crippen LogP) is 2.38. The zero-order valence-electron chi connectivity index (χ0n) is 10.2. The average molecular weight is 262 g/mol. The molecule has 0 bridgehead atoms. The summed E-state index contributed by atoms with van der Waals surface area (Å²) in [5.41, 5.74) is 7.26. The number of hydrogen-bond acceptors (Lipinski definition) is 5. The number of hydrogen-bond donors (Lipinski definition) is 2. The maximum absolute atomic E-state index is 11.5.